The minimum absolute atomic E-state index is 0.154. The maximum Gasteiger partial charge on any atom is 0.204 e. The van der Waals surface area contributed by atoms with Gasteiger partial charge in [0.25, 0.3) is 0 Å². The molecule has 0 amide bonds. The fourth-order valence-corrected chi connectivity index (χ4v) is 2.11. The summed E-state index contributed by atoms with van der Waals surface area (Å²) in [5.41, 5.74) is 0.432. The van der Waals surface area contributed by atoms with E-state index in [1.54, 1.807) is 0 Å². The second-order valence-electron chi connectivity index (χ2n) is 4.62. The number of nitro groups is 1. The highest BCUT2D eigenvalue weighted by molar-refractivity contribution is 4.81. The highest BCUT2D eigenvalue weighted by atomic mass is 16.6. The normalized spacial score (nSPS) is 27.3. The zero-order valence-corrected chi connectivity index (χ0v) is 7.88. The summed E-state index contributed by atoms with van der Waals surface area (Å²) < 4.78 is 0. The fraction of sp³-hybridized carbons (Fsp3) is 1.00. The molecule has 0 aliphatic heterocycles. The van der Waals surface area contributed by atoms with Crippen molar-refractivity contribution in [1.29, 1.82) is 0 Å². The molecule has 1 aliphatic rings. The summed E-state index contributed by atoms with van der Waals surface area (Å²) in [5, 5.41) is 10.1. The molecule has 1 rings (SSSR count). The van der Waals surface area contributed by atoms with Crippen LogP contribution < -0.4 is 0 Å². The number of rotatable bonds is 3. The van der Waals surface area contributed by atoms with Gasteiger partial charge in [0.05, 0.1) is 0 Å². The molecule has 0 spiro atoms. The second kappa shape index (κ2) is 3.42. The van der Waals surface area contributed by atoms with Crippen molar-refractivity contribution in [3.8, 4) is 0 Å². The van der Waals surface area contributed by atoms with E-state index in [-0.39, 0.29) is 11.5 Å². The lowest BCUT2D eigenvalue weighted by Crippen LogP contribution is -2.09. The molecule has 12 heavy (non-hydrogen) atoms. The molecule has 0 aromatic heterocycles. The molecule has 3 nitrogen and oxygen atoms in total. The Bertz CT molecular complexity index is 177. The van der Waals surface area contributed by atoms with Gasteiger partial charge in [0.1, 0.15) is 0 Å². The first-order valence-electron chi connectivity index (χ1n) is 4.61. The molecule has 1 unspecified atom stereocenters. The molecule has 3 heteroatoms. The maximum atomic E-state index is 10.1. The van der Waals surface area contributed by atoms with Crippen molar-refractivity contribution in [2.24, 2.45) is 11.3 Å². The third kappa shape index (κ3) is 2.80. The summed E-state index contributed by atoms with van der Waals surface area (Å²) in [6.45, 7) is 4.65. The van der Waals surface area contributed by atoms with Gasteiger partial charge in [0.2, 0.25) is 6.54 Å². The van der Waals surface area contributed by atoms with Crippen molar-refractivity contribution in [3.63, 3.8) is 0 Å². The quantitative estimate of drug-likeness (QED) is 0.483. The van der Waals surface area contributed by atoms with Crippen molar-refractivity contribution >= 4 is 0 Å². The molecule has 1 fully saturated rings. The van der Waals surface area contributed by atoms with E-state index in [1.165, 1.54) is 19.3 Å². The zero-order chi connectivity index (χ0) is 9.19. The average molecular weight is 171 g/mol. The summed E-state index contributed by atoms with van der Waals surface area (Å²) in [6, 6.07) is 0. The third-order valence-electron chi connectivity index (χ3n) is 2.79. The van der Waals surface area contributed by atoms with Crippen LogP contribution in [0.4, 0.5) is 0 Å². The molecule has 70 valence electrons. The Morgan fingerprint density at radius 2 is 2.25 bits per heavy atom. The molecule has 0 saturated heterocycles. The van der Waals surface area contributed by atoms with Gasteiger partial charge in [-0.1, -0.05) is 13.8 Å². The minimum atomic E-state index is -0.203. The largest absolute Gasteiger partial charge is 0.265 e. The summed E-state index contributed by atoms with van der Waals surface area (Å²) in [6.07, 6.45) is 4.35. The Morgan fingerprint density at radius 3 is 2.67 bits per heavy atom. The van der Waals surface area contributed by atoms with Crippen LogP contribution in [0.5, 0.6) is 0 Å². The van der Waals surface area contributed by atoms with Gasteiger partial charge in [-0.2, -0.15) is 0 Å². The van der Waals surface area contributed by atoms with Crippen molar-refractivity contribution in [2.75, 3.05) is 6.54 Å². The van der Waals surface area contributed by atoms with Gasteiger partial charge in [0.15, 0.2) is 0 Å². The Hall–Kier alpha value is -0.600. The smallest absolute Gasteiger partial charge is 0.204 e. The van der Waals surface area contributed by atoms with E-state index in [9.17, 15) is 10.1 Å². The fourth-order valence-electron chi connectivity index (χ4n) is 2.11. The van der Waals surface area contributed by atoms with Crippen LogP contribution in [0, 0.1) is 21.4 Å². The van der Waals surface area contributed by atoms with Crippen LogP contribution in [0.1, 0.15) is 39.5 Å². The lowest BCUT2D eigenvalue weighted by Gasteiger charge is -2.16. The molecule has 0 aromatic carbocycles. The first kappa shape index (κ1) is 9.49. The zero-order valence-electron chi connectivity index (χ0n) is 7.88. The molecule has 0 radical (unpaired) electrons. The van der Waals surface area contributed by atoms with Crippen LogP contribution >= 0.6 is 0 Å². The monoisotopic (exact) mass is 171 g/mol. The Balaban J connectivity index is 2.24. The Labute approximate surface area is 73.3 Å². The van der Waals surface area contributed by atoms with E-state index in [0.29, 0.717) is 11.3 Å². The minimum Gasteiger partial charge on any atom is -0.265 e. The topological polar surface area (TPSA) is 43.1 Å². The van der Waals surface area contributed by atoms with Crippen LogP contribution in [0.25, 0.3) is 0 Å². The van der Waals surface area contributed by atoms with Crippen LogP contribution in [0.3, 0.4) is 0 Å². The van der Waals surface area contributed by atoms with Gasteiger partial charge in [0, 0.05) is 11.3 Å². The molecule has 1 atom stereocenters. The molecular formula is C9H17NO2. The van der Waals surface area contributed by atoms with E-state index < -0.39 is 0 Å². The SMILES string of the molecule is CC1(C)CCC(CC[N+](=O)[O-])C1. The first-order chi connectivity index (χ1) is 5.49. The summed E-state index contributed by atoms with van der Waals surface area (Å²) in [7, 11) is 0. The summed E-state index contributed by atoms with van der Waals surface area (Å²) >= 11 is 0. The highest BCUT2D eigenvalue weighted by Crippen LogP contribution is 2.42. The third-order valence-corrected chi connectivity index (χ3v) is 2.79. The van der Waals surface area contributed by atoms with Crippen molar-refractivity contribution in [2.45, 2.75) is 39.5 Å². The van der Waals surface area contributed by atoms with Crippen LogP contribution in [0.2, 0.25) is 0 Å². The highest BCUT2D eigenvalue weighted by Gasteiger charge is 2.31. The first-order valence-corrected chi connectivity index (χ1v) is 4.61. The van der Waals surface area contributed by atoms with E-state index in [0.717, 1.165) is 6.42 Å². The number of nitrogens with zero attached hydrogens (tertiary/aromatic N) is 1. The van der Waals surface area contributed by atoms with E-state index in [2.05, 4.69) is 13.8 Å². The Kier molecular flexibility index (Phi) is 2.70. The van der Waals surface area contributed by atoms with Crippen LogP contribution in [-0.2, 0) is 0 Å². The molecule has 0 N–H and O–H groups in total. The lowest BCUT2D eigenvalue weighted by atomic mass is 9.90. The number of hydrogen-bond acceptors (Lipinski definition) is 2. The standard InChI is InChI=1S/C9H17NO2/c1-9(2)5-3-8(7-9)4-6-10(11)12/h8H,3-7H2,1-2H3. The van der Waals surface area contributed by atoms with Crippen LogP contribution in [-0.4, -0.2) is 11.5 Å². The van der Waals surface area contributed by atoms with E-state index >= 15 is 0 Å². The molecule has 1 saturated carbocycles. The lowest BCUT2D eigenvalue weighted by molar-refractivity contribution is -0.481. The van der Waals surface area contributed by atoms with Crippen molar-refractivity contribution in [1.82, 2.24) is 0 Å². The van der Waals surface area contributed by atoms with Gasteiger partial charge in [-0.3, -0.25) is 10.1 Å². The number of hydrogen-bond donors (Lipinski definition) is 0. The average Bonchev–Trinajstić information content (AvgIpc) is 2.26. The van der Waals surface area contributed by atoms with Gasteiger partial charge < -0.3 is 0 Å². The molecule has 0 bridgehead atoms. The maximum absolute atomic E-state index is 10.1. The van der Waals surface area contributed by atoms with E-state index in [1.807, 2.05) is 0 Å². The predicted octanol–water partition coefficient (Wildman–Crippen LogP) is 2.48. The molecular weight excluding hydrogens is 154 g/mol. The van der Waals surface area contributed by atoms with Crippen LogP contribution in [0.15, 0.2) is 0 Å². The van der Waals surface area contributed by atoms with Crippen molar-refractivity contribution < 1.29 is 4.92 Å². The summed E-state index contributed by atoms with van der Waals surface area (Å²) in [5.74, 6) is 0.602. The molecule has 0 heterocycles. The molecule has 1 aliphatic carbocycles. The second-order valence-corrected chi connectivity index (χ2v) is 4.62. The van der Waals surface area contributed by atoms with Gasteiger partial charge in [-0.15, -0.1) is 0 Å². The predicted molar refractivity (Wildman–Crippen MR) is 47.6 cm³/mol. The van der Waals surface area contributed by atoms with E-state index in [4.69, 9.17) is 0 Å². The van der Waals surface area contributed by atoms with Gasteiger partial charge in [-0.25, -0.2) is 0 Å². The Morgan fingerprint density at radius 1 is 1.58 bits per heavy atom. The molecule has 0 aromatic rings. The van der Waals surface area contributed by atoms with Crippen molar-refractivity contribution in [3.05, 3.63) is 10.1 Å². The van der Waals surface area contributed by atoms with Gasteiger partial charge in [-0.05, 0) is 30.6 Å². The summed E-state index contributed by atoms with van der Waals surface area (Å²) in [4.78, 5) is 9.92. The van der Waals surface area contributed by atoms with Gasteiger partial charge >= 0.3 is 0 Å².